The molecule has 5 rings (SSSR count). The molecule has 2 aromatic carbocycles. The summed E-state index contributed by atoms with van der Waals surface area (Å²) < 4.78 is 0. The zero-order chi connectivity index (χ0) is 21.0. The summed E-state index contributed by atoms with van der Waals surface area (Å²) in [4.78, 5) is 45.8. The van der Waals surface area contributed by atoms with Crippen molar-refractivity contribution in [2.45, 2.75) is 16.2 Å². The van der Waals surface area contributed by atoms with Gasteiger partial charge in [0.25, 0.3) is 0 Å². The average molecular weight is 438 g/mol. The van der Waals surface area contributed by atoms with Crippen LogP contribution in [0, 0.1) is 5.92 Å². The molecule has 8 heteroatoms. The molecule has 3 atom stereocenters. The Labute approximate surface area is 181 Å². The molecule has 6 nitrogen and oxygen atoms in total. The summed E-state index contributed by atoms with van der Waals surface area (Å²) in [5, 5.41) is 0.137. The summed E-state index contributed by atoms with van der Waals surface area (Å²) in [5.74, 6) is -1.32. The first kappa shape index (κ1) is 19.1. The molecule has 152 valence electrons. The number of carbonyl (C=O) groups is 2. The quantitative estimate of drug-likeness (QED) is 0.637. The molecule has 3 heterocycles. The molecule has 0 saturated carbocycles. The number of carbonyl (C=O) groups excluding carboxylic acids is 2. The van der Waals surface area contributed by atoms with Gasteiger partial charge in [-0.05, 0) is 29.8 Å². The van der Waals surface area contributed by atoms with Crippen molar-refractivity contribution in [3.8, 4) is 0 Å². The second kappa shape index (κ2) is 7.14. The molecule has 2 aliphatic rings. The van der Waals surface area contributed by atoms with Crippen LogP contribution in [-0.4, -0.2) is 36.1 Å². The number of para-hydroxylation sites is 1. The van der Waals surface area contributed by atoms with Gasteiger partial charge in [-0.3, -0.25) is 14.4 Å². The van der Waals surface area contributed by atoms with Crippen molar-refractivity contribution in [2.75, 3.05) is 23.9 Å². The fraction of sp³-hybridized carbons (Fsp3) is 0.227. The topological polar surface area (TPSA) is 73.5 Å². The number of nitrogens with zero attached hydrogens (tertiary/aromatic N) is 2. The van der Waals surface area contributed by atoms with Gasteiger partial charge in [-0.2, -0.15) is 0 Å². The monoisotopic (exact) mass is 437 g/mol. The van der Waals surface area contributed by atoms with Gasteiger partial charge in [-0.1, -0.05) is 53.4 Å². The molecule has 0 aliphatic carbocycles. The minimum atomic E-state index is -0.561. The average Bonchev–Trinajstić information content (AvgIpc) is 3.23. The third-order valence-electron chi connectivity index (χ3n) is 5.61. The van der Waals surface area contributed by atoms with Crippen LogP contribution >= 0.6 is 23.1 Å². The summed E-state index contributed by atoms with van der Waals surface area (Å²) in [6, 6.07) is 17.0. The Balaban J connectivity index is 1.63. The van der Waals surface area contributed by atoms with E-state index in [4.69, 9.17) is 0 Å². The second-order valence-corrected chi connectivity index (χ2v) is 9.75. The Bertz CT molecular complexity index is 1180. The third-order valence-corrected chi connectivity index (χ3v) is 8.01. The number of amides is 2. The van der Waals surface area contributed by atoms with E-state index in [0.29, 0.717) is 10.7 Å². The van der Waals surface area contributed by atoms with Gasteiger partial charge in [-0.25, -0.2) is 4.90 Å². The lowest BCUT2D eigenvalue weighted by Gasteiger charge is -2.30. The molecule has 3 aromatic rings. The number of aromatic amines is 1. The summed E-state index contributed by atoms with van der Waals surface area (Å²) in [5.41, 5.74) is 2.56. The van der Waals surface area contributed by atoms with Crippen molar-refractivity contribution in [1.29, 1.82) is 0 Å². The smallest absolute Gasteiger partial charge is 0.305 e. The predicted molar refractivity (Wildman–Crippen MR) is 120 cm³/mol. The molecule has 1 N–H and O–H groups in total. The molecular weight excluding hydrogens is 418 g/mol. The standard InChI is InChI=1S/C22H19N3O3S2/c1-24(2)13-10-8-12(9-11-13)15-16-18(29-19-17(15)30-22(28)23-19)21(27)25(20(16)26)14-6-4-3-5-7-14/h3-11,15-16,18H,1-2H3,(H,23,28)/t15-,16?,18?/m1/s1. The van der Waals surface area contributed by atoms with Gasteiger partial charge in [-0.15, -0.1) is 0 Å². The van der Waals surface area contributed by atoms with Crippen LogP contribution in [0.4, 0.5) is 11.4 Å². The molecule has 2 unspecified atom stereocenters. The van der Waals surface area contributed by atoms with Crippen LogP contribution in [0.25, 0.3) is 0 Å². The van der Waals surface area contributed by atoms with Crippen LogP contribution in [0.15, 0.2) is 64.4 Å². The minimum absolute atomic E-state index is 0.165. The maximum absolute atomic E-state index is 13.5. The van der Waals surface area contributed by atoms with Crippen LogP contribution in [0.1, 0.15) is 16.4 Å². The van der Waals surface area contributed by atoms with E-state index in [0.717, 1.165) is 27.5 Å². The van der Waals surface area contributed by atoms with Crippen molar-refractivity contribution in [2.24, 2.45) is 5.92 Å². The van der Waals surface area contributed by atoms with E-state index >= 15 is 0 Å². The van der Waals surface area contributed by atoms with Gasteiger partial charge in [0.1, 0.15) is 5.25 Å². The molecule has 2 amide bonds. The molecule has 1 saturated heterocycles. The number of rotatable bonds is 3. The highest BCUT2D eigenvalue weighted by atomic mass is 32.2. The Kier molecular flexibility index (Phi) is 4.56. The van der Waals surface area contributed by atoms with Gasteiger partial charge in [0.2, 0.25) is 11.8 Å². The van der Waals surface area contributed by atoms with Crippen molar-refractivity contribution in [1.82, 2.24) is 4.98 Å². The normalized spacial score (nSPS) is 22.7. The van der Waals surface area contributed by atoms with Crippen molar-refractivity contribution >= 4 is 46.3 Å². The zero-order valence-electron chi connectivity index (χ0n) is 16.4. The van der Waals surface area contributed by atoms with Crippen molar-refractivity contribution in [3.63, 3.8) is 0 Å². The Hall–Kier alpha value is -2.84. The molecule has 0 spiro atoms. The summed E-state index contributed by atoms with van der Waals surface area (Å²) in [6.07, 6.45) is 0. The summed E-state index contributed by atoms with van der Waals surface area (Å²) in [7, 11) is 3.93. The molecule has 30 heavy (non-hydrogen) atoms. The first-order chi connectivity index (χ1) is 14.5. The van der Waals surface area contributed by atoms with Gasteiger partial charge >= 0.3 is 4.87 Å². The zero-order valence-corrected chi connectivity index (χ0v) is 18.0. The van der Waals surface area contributed by atoms with Crippen LogP contribution in [0.3, 0.4) is 0 Å². The fourth-order valence-corrected chi connectivity index (χ4v) is 6.70. The van der Waals surface area contributed by atoms with Crippen LogP contribution in [-0.2, 0) is 9.59 Å². The van der Waals surface area contributed by atoms with Gasteiger partial charge in [0.05, 0.1) is 16.6 Å². The first-order valence-corrected chi connectivity index (χ1v) is 11.2. The SMILES string of the molecule is CN(C)c1ccc([C@H]2c3sc(=O)[nH]c3SC3C(=O)N(c4ccccc4)C(=O)C32)cc1. The van der Waals surface area contributed by atoms with E-state index in [-0.39, 0.29) is 22.6 Å². The summed E-state index contributed by atoms with van der Waals surface area (Å²) in [6.45, 7) is 0. The molecule has 1 aromatic heterocycles. The highest BCUT2D eigenvalue weighted by Crippen LogP contribution is 2.53. The molecule has 0 bridgehead atoms. The second-order valence-electron chi connectivity index (χ2n) is 7.58. The van der Waals surface area contributed by atoms with Gasteiger partial charge in [0.15, 0.2) is 0 Å². The number of hydrogen-bond acceptors (Lipinski definition) is 6. The van der Waals surface area contributed by atoms with Gasteiger partial charge < -0.3 is 9.88 Å². The maximum Gasteiger partial charge on any atom is 0.305 e. The van der Waals surface area contributed by atoms with E-state index < -0.39 is 11.2 Å². The Morgan fingerprint density at radius 1 is 0.933 bits per heavy atom. The molecule has 0 radical (unpaired) electrons. The van der Waals surface area contributed by atoms with E-state index in [1.54, 1.807) is 12.1 Å². The van der Waals surface area contributed by atoms with E-state index in [2.05, 4.69) is 4.98 Å². The number of fused-ring (bicyclic) bond motifs is 2. The van der Waals surface area contributed by atoms with E-state index in [1.807, 2.05) is 61.5 Å². The van der Waals surface area contributed by atoms with Crippen LogP contribution in [0.5, 0.6) is 0 Å². The Morgan fingerprint density at radius 2 is 1.63 bits per heavy atom. The van der Waals surface area contributed by atoms with Crippen LogP contribution in [0.2, 0.25) is 0 Å². The third kappa shape index (κ3) is 2.90. The number of thiazole rings is 1. The number of H-pyrrole nitrogens is 1. The number of aromatic nitrogens is 1. The highest BCUT2D eigenvalue weighted by Gasteiger charge is 2.56. The van der Waals surface area contributed by atoms with Crippen LogP contribution < -0.4 is 14.7 Å². The number of hydrogen-bond donors (Lipinski definition) is 1. The lowest BCUT2D eigenvalue weighted by atomic mass is 9.83. The minimum Gasteiger partial charge on any atom is -0.378 e. The fourth-order valence-electron chi connectivity index (χ4n) is 4.19. The number of benzene rings is 2. The highest BCUT2D eigenvalue weighted by molar-refractivity contribution is 8.00. The molecule has 2 aliphatic heterocycles. The number of imide groups is 1. The van der Waals surface area contributed by atoms with Crippen molar-refractivity contribution in [3.05, 3.63) is 74.7 Å². The van der Waals surface area contributed by atoms with Crippen molar-refractivity contribution < 1.29 is 9.59 Å². The number of nitrogens with one attached hydrogen (secondary N) is 1. The summed E-state index contributed by atoms with van der Waals surface area (Å²) >= 11 is 2.43. The first-order valence-electron chi connectivity index (χ1n) is 9.55. The lowest BCUT2D eigenvalue weighted by Crippen LogP contribution is -2.32. The van der Waals surface area contributed by atoms with E-state index in [9.17, 15) is 14.4 Å². The molecule has 1 fully saturated rings. The lowest BCUT2D eigenvalue weighted by molar-refractivity contribution is -0.122. The number of anilines is 2. The van der Waals surface area contributed by atoms with E-state index in [1.165, 1.54) is 16.7 Å². The van der Waals surface area contributed by atoms with Gasteiger partial charge in [0, 0.05) is 30.6 Å². The molecular formula is C22H19N3O3S2. The number of thioether (sulfide) groups is 1. The largest absolute Gasteiger partial charge is 0.378 e. The predicted octanol–water partition coefficient (Wildman–Crippen LogP) is 3.30. The Morgan fingerprint density at radius 3 is 2.30 bits per heavy atom. The maximum atomic E-state index is 13.5.